The van der Waals surface area contributed by atoms with Crippen molar-refractivity contribution in [1.29, 1.82) is 0 Å². The Balaban J connectivity index is 1.68. The van der Waals surface area contributed by atoms with Crippen LogP contribution in [0.4, 0.5) is 5.88 Å². The largest absolute Gasteiger partial charge is 0.385 e. The average molecular weight is 426 g/mol. The monoisotopic (exact) mass is 425 g/mol. The first-order valence-electron chi connectivity index (χ1n) is 10.4. The highest BCUT2D eigenvalue weighted by molar-refractivity contribution is 7.12. The summed E-state index contributed by atoms with van der Waals surface area (Å²) in [5, 5.41) is 6.36. The van der Waals surface area contributed by atoms with Gasteiger partial charge in [0.1, 0.15) is 5.69 Å². The van der Waals surface area contributed by atoms with Crippen LogP contribution >= 0.6 is 11.3 Å². The van der Waals surface area contributed by atoms with E-state index in [4.69, 9.17) is 9.26 Å². The number of amides is 1. The molecular weight excluding hydrogens is 398 g/mol. The van der Waals surface area contributed by atoms with Gasteiger partial charge in [-0.15, -0.1) is 11.3 Å². The quantitative estimate of drug-likeness (QED) is 0.466. The van der Waals surface area contributed by atoms with Gasteiger partial charge in [-0.25, -0.2) is 0 Å². The van der Waals surface area contributed by atoms with Gasteiger partial charge in [-0.05, 0) is 30.7 Å². The van der Waals surface area contributed by atoms with Gasteiger partial charge in [0.2, 0.25) is 5.88 Å². The molecule has 0 saturated carbocycles. The molecule has 0 atom stereocenters. The lowest BCUT2D eigenvalue weighted by Gasteiger charge is -2.24. The summed E-state index contributed by atoms with van der Waals surface area (Å²) >= 11 is 1.47. The van der Waals surface area contributed by atoms with Crippen LogP contribution in [0.3, 0.4) is 0 Å². The predicted molar refractivity (Wildman–Crippen MR) is 119 cm³/mol. The normalized spacial score (nSPS) is 13.7. The molecule has 1 aliphatic rings. The summed E-state index contributed by atoms with van der Waals surface area (Å²) in [6.07, 6.45) is 3.07. The van der Waals surface area contributed by atoms with Crippen molar-refractivity contribution >= 4 is 23.1 Å². The van der Waals surface area contributed by atoms with Crippen LogP contribution < -0.4 is 4.90 Å². The van der Waals surface area contributed by atoms with Crippen molar-refractivity contribution in [3.8, 4) is 11.3 Å². The second-order valence-electron chi connectivity index (χ2n) is 7.43. The molecule has 0 aliphatic carbocycles. The lowest BCUT2D eigenvalue weighted by molar-refractivity contribution is 0.0729. The van der Waals surface area contributed by atoms with Gasteiger partial charge < -0.3 is 19.1 Å². The number of thiophene rings is 1. The fourth-order valence-corrected chi connectivity index (χ4v) is 4.52. The van der Waals surface area contributed by atoms with Crippen LogP contribution in [-0.2, 0) is 11.3 Å². The number of benzene rings is 1. The first-order valence-corrected chi connectivity index (χ1v) is 11.3. The Morgan fingerprint density at radius 1 is 1.20 bits per heavy atom. The van der Waals surface area contributed by atoms with Gasteiger partial charge in [0.15, 0.2) is 0 Å². The molecule has 158 valence electrons. The number of methoxy groups -OCH3 is 1. The Labute approximate surface area is 181 Å². The van der Waals surface area contributed by atoms with Gasteiger partial charge >= 0.3 is 0 Å². The molecule has 1 aliphatic heterocycles. The number of nitrogens with zero attached hydrogens (tertiary/aromatic N) is 3. The Morgan fingerprint density at radius 3 is 2.70 bits per heavy atom. The number of hydrogen-bond acceptors (Lipinski definition) is 6. The molecule has 7 heteroatoms. The van der Waals surface area contributed by atoms with E-state index in [1.807, 2.05) is 52.7 Å². The highest BCUT2D eigenvalue weighted by atomic mass is 32.1. The molecule has 3 aromatic rings. The first kappa shape index (κ1) is 20.6. The summed E-state index contributed by atoms with van der Waals surface area (Å²) in [6.45, 7) is 3.60. The fraction of sp³-hybridized carbons (Fsp3) is 0.391. The maximum atomic E-state index is 13.2. The standard InChI is InChI=1S/C23H27N3O3S/c1-28-15-8-14-26(22(27)20-11-7-16-30-20)17-19-21(18-9-3-2-4-10-18)24-29-23(19)25-12-5-6-13-25/h2-4,7,9-11,16H,5-6,8,12-15,17H2,1H3. The van der Waals surface area contributed by atoms with E-state index in [9.17, 15) is 4.79 Å². The van der Waals surface area contributed by atoms with E-state index in [0.717, 1.165) is 59.9 Å². The van der Waals surface area contributed by atoms with E-state index in [2.05, 4.69) is 10.1 Å². The molecule has 0 radical (unpaired) electrons. The van der Waals surface area contributed by atoms with Crippen LogP contribution in [-0.4, -0.2) is 49.3 Å². The average Bonchev–Trinajstić information content (AvgIpc) is 3.55. The predicted octanol–water partition coefficient (Wildman–Crippen LogP) is 4.68. The molecule has 1 fully saturated rings. The first-order chi connectivity index (χ1) is 14.8. The van der Waals surface area contributed by atoms with Crippen molar-refractivity contribution in [2.24, 2.45) is 0 Å². The second kappa shape index (κ2) is 9.91. The summed E-state index contributed by atoms with van der Waals surface area (Å²) in [7, 11) is 1.68. The van der Waals surface area contributed by atoms with Gasteiger partial charge in [0.25, 0.3) is 5.91 Å². The summed E-state index contributed by atoms with van der Waals surface area (Å²) in [6, 6.07) is 13.8. The number of carbonyl (C=O) groups is 1. The lowest BCUT2D eigenvalue weighted by atomic mass is 10.1. The van der Waals surface area contributed by atoms with Crippen molar-refractivity contribution in [3.05, 3.63) is 58.3 Å². The molecule has 0 N–H and O–H groups in total. The van der Waals surface area contributed by atoms with E-state index in [0.29, 0.717) is 19.7 Å². The Kier molecular flexibility index (Phi) is 6.81. The number of aromatic nitrogens is 1. The van der Waals surface area contributed by atoms with Crippen LogP contribution in [0.2, 0.25) is 0 Å². The minimum absolute atomic E-state index is 0.0358. The van der Waals surface area contributed by atoms with Gasteiger partial charge in [-0.1, -0.05) is 41.6 Å². The maximum absolute atomic E-state index is 13.2. The van der Waals surface area contributed by atoms with Crippen LogP contribution in [0.5, 0.6) is 0 Å². The SMILES string of the molecule is COCCCN(Cc1c(-c2ccccc2)noc1N1CCCC1)C(=O)c1cccs1. The Hall–Kier alpha value is -2.64. The van der Waals surface area contributed by atoms with E-state index in [-0.39, 0.29) is 5.91 Å². The van der Waals surface area contributed by atoms with Crippen LogP contribution in [0, 0.1) is 0 Å². The smallest absolute Gasteiger partial charge is 0.264 e. The van der Waals surface area contributed by atoms with Crippen molar-refractivity contribution in [1.82, 2.24) is 10.1 Å². The molecule has 0 spiro atoms. The van der Waals surface area contributed by atoms with Crippen molar-refractivity contribution < 1.29 is 14.1 Å². The number of anilines is 1. The van der Waals surface area contributed by atoms with Crippen molar-refractivity contribution in [2.75, 3.05) is 38.3 Å². The minimum Gasteiger partial charge on any atom is -0.385 e. The zero-order chi connectivity index (χ0) is 20.8. The third-order valence-corrected chi connectivity index (χ3v) is 6.21. The van der Waals surface area contributed by atoms with E-state index in [1.165, 1.54) is 11.3 Å². The van der Waals surface area contributed by atoms with Gasteiger partial charge in [-0.3, -0.25) is 4.79 Å². The number of rotatable bonds is 9. The third kappa shape index (κ3) is 4.57. The maximum Gasteiger partial charge on any atom is 0.264 e. The van der Waals surface area contributed by atoms with E-state index >= 15 is 0 Å². The fourth-order valence-electron chi connectivity index (χ4n) is 3.83. The van der Waals surface area contributed by atoms with Crippen LogP contribution in [0.1, 0.15) is 34.5 Å². The molecule has 6 nitrogen and oxygen atoms in total. The third-order valence-electron chi connectivity index (χ3n) is 5.35. The van der Waals surface area contributed by atoms with Crippen molar-refractivity contribution in [3.63, 3.8) is 0 Å². The van der Waals surface area contributed by atoms with Gasteiger partial charge in [-0.2, -0.15) is 0 Å². The molecule has 1 amide bonds. The highest BCUT2D eigenvalue weighted by Crippen LogP contribution is 2.34. The molecule has 30 heavy (non-hydrogen) atoms. The molecule has 1 aromatic carbocycles. The number of ether oxygens (including phenoxy) is 1. The molecule has 4 rings (SSSR count). The topological polar surface area (TPSA) is 58.8 Å². The molecule has 0 bridgehead atoms. The Morgan fingerprint density at radius 2 is 2.00 bits per heavy atom. The summed E-state index contributed by atoms with van der Waals surface area (Å²) in [5.41, 5.74) is 2.79. The summed E-state index contributed by atoms with van der Waals surface area (Å²) in [4.78, 5) is 18.1. The zero-order valence-electron chi connectivity index (χ0n) is 17.3. The van der Waals surface area contributed by atoms with E-state index < -0.39 is 0 Å². The van der Waals surface area contributed by atoms with Gasteiger partial charge in [0.05, 0.1) is 17.0 Å². The van der Waals surface area contributed by atoms with Gasteiger partial charge in [0, 0.05) is 38.9 Å². The van der Waals surface area contributed by atoms with Crippen molar-refractivity contribution in [2.45, 2.75) is 25.8 Å². The molecule has 1 saturated heterocycles. The Bertz CT molecular complexity index is 934. The molecule has 2 aromatic heterocycles. The summed E-state index contributed by atoms with van der Waals surface area (Å²) in [5.74, 6) is 0.829. The highest BCUT2D eigenvalue weighted by Gasteiger charge is 2.28. The molecule has 0 unspecified atom stereocenters. The zero-order valence-corrected chi connectivity index (χ0v) is 18.1. The molecule has 3 heterocycles. The summed E-state index contributed by atoms with van der Waals surface area (Å²) < 4.78 is 11.1. The van der Waals surface area contributed by atoms with Crippen LogP contribution in [0.15, 0.2) is 52.4 Å². The number of carbonyl (C=O) groups excluding carboxylic acids is 1. The number of hydrogen-bond donors (Lipinski definition) is 0. The molecular formula is C23H27N3O3S. The lowest BCUT2D eigenvalue weighted by Crippen LogP contribution is -2.32. The second-order valence-corrected chi connectivity index (χ2v) is 8.37. The van der Waals surface area contributed by atoms with Crippen LogP contribution in [0.25, 0.3) is 11.3 Å². The minimum atomic E-state index is 0.0358. The van der Waals surface area contributed by atoms with E-state index in [1.54, 1.807) is 7.11 Å².